The Morgan fingerprint density at radius 3 is 2.71 bits per heavy atom. The summed E-state index contributed by atoms with van der Waals surface area (Å²) in [5.74, 6) is 0.664. The van der Waals surface area contributed by atoms with E-state index in [1.54, 1.807) is 0 Å². The molecule has 0 spiro atoms. The number of imidazole rings is 1. The summed E-state index contributed by atoms with van der Waals surface area (Å²) in [6.45, 7) is 4.30. The van der Waals surface area contributed by atoms with Gasteiger partial charge in [0.05, 0.1) is 6.20 Å². The summed E-state index contributed by atoms with van der Waals surface area (Å²) in [4.78, 5) is 6.76. The van der Waals surface area contributed by atoms with E-state index >= 15 is 0 Å². The van der Waals surface area contributed by atoms with Gasteiger partial charge in [-0.1, -0.05) is 13.8 Å². The van der Waals surface area contributed by atoms with Crippen molar-refractivity contribution in [2.24, 2.45) is 5.73 Å². The van der Waals surface area contributed by atoms with E-state index in [0.717, 1.165) is 0 Å². The molecule has 0 saturated carbocycles. The Balaban J connectivity index is 2.80. The van der Waals surface area contributed by atoms with Crippen LogP contribution < -0.4 is 10.5 Å². The van der Waals surface area contributed by atoms with Crippen LogP contribution in [0.5, 0.6) is 0 Å². The SMILES string of the molecule is CCc1ncc(S(=O)(=O)NC(CC)CCN)[nH]1. The largest absolute Gasteiger partial charge is 0.332 e. The fourth-order valence-electron chi connectivity index (χ4n) is 1.49. The lowest BCUT2D eigenvalue weighted by molar-refractivity contribution is 0.519. The normalized spacial score (nSPS) is 13.8. The van der Waals surface area contributed by atoms with Crippen LogP contribution >= 0.6 is 0 Å². The molecule has 6 nitrogen and oxygen atoms in total. The van der Waals surface area contributed by atoms with E-state index in [0.29, 0.717) is 31.6 Å². The van der Waals surface area contributed by atoms with Gasteiger partial charge in [0.1, 0.15) is 5.82 Å². The molecule has 0 aliphatic carbocycles. The monoisotopic (exact) mass is 260 g/mol. The zero-order valence-electron chi connectivity index (χ0n) is 10.2. The lowest BCUT2D eigenvalue weighted by Gasteiger charge is -2.14. The first-order valence-corrected chi connectivity index (χ1v) is 7.28. The topological polar surface area (TPSA) is 101 Å². The van der Waals surface area contributed by atoms with E-state index in [9.17, 15) is 8.42 Å². The predicted octanol–water partition coefficient (Wildman–Crippen LogP) is 0.378. The Labute approximate surface area is 102 Å². The molecule has 17 heavy (non-hydrogen) atoms. The van der Waals surface area contributed by atoms with Crippen molar-refractivity contribution >= 4 is 10.0 Å². The van der Waals surface area contributed by atoms with E-state index < -0.39 is 10.0 Å². The van der Waals surface area contributed by atoms with Crippen LogP contribution in [0.1, 0.15) is 32.5 Å². The Bertz CT molecular complexity index is 441. The number of sulfonamides is 1. The van der Waals surface area contributed by atoms with Crippen LogP contribution in [0, 0.1) is 0 Å². The standard InChI is InChI=1S/C10H20N4O2S/c1-3-8(5-6-11)14-17(15,16)10-7-12-9(4-2)13-10/h7-8,14H,3-6,11H2,1-2H3,(H,12,13). The minimum absolute atomic E-state index is 0.116. The number of aromatic nitrogens is 2. The quantitative estimate of drug-likeness (QED) is 0.659. The van der Waals surface area contributed by atoms with Crippen molar-refractivity contribution in [1.82, 2.24) is 14.7 Å². The second-order valence-corrected chi connectivity index (χ2v) is 5.53. The van der Waals surface area contributed by atoms with E-state index in [1.165, 1.54) is 6.20 Å². The number of nitrogens with zero attached hydrogens (tertiary/aromatic N) is 1. The van der Waals surface area contributed by atoms with Crippen LogP contribution in [0.25, 0.3) is 0 Å². The molecule has 1 aromatic heterocycles. The number of nitrogens with two attached hydrogens (primary N) is 1. The van der Waals surface area contributed by atoms with Crippen molar-refractivity contribution in [1.29, 1.82) is 0 Å². The van der Waals surface area contributed by atoms with E-state index in [-0.39, 0.29) is 11.1 Å². The number of aromatic amines is 1. The molecule has 1 aromatic rings. The number of nitrogens with one attached hydrogen (secondary N) is 2. The third-order valence-electron chi connectivity index (χ3n) is 2.56. The van der Waals surface area contributed by atoms with Crippen LogP contribution in [-0.4, -0.2) is 31.0 Å². The van der Waals surface area contributed by atoms with E-state index in [4.69, 9.17) is 5.73 Å². The molecule has 0 radical (unpaired) electrons. The van der Waals surface area contributed by atoms with Gasteiger partial charge in [0.15, 0.2) is 5.03 Å². The van der Waals surface area contributed by atoms with Gasteiger partial charge in [0.2, 0.25) is 0 Å². The van der Waals surface area contributed by atoms with Gasteiger partial charge in [-0.3, -0.25) is 0 Å². The van der Waals surface area contributed by atoms with E-state index in [1.807, 2.05) is 13.8 Å². The zero-order chi connectivity index (χ0) is 12.9. The summed E-state index contributed by atoms with van der Waals surface area (Å²) in [6.07, 6.45) is 3.36. The lowest BCUT2D eigenvalue weighted by atomic mass is 10.2. The first kappa shape index (κ1) is 14.1. The first-order valence-electron chi connectivity index (χ1n) is 5.79. The molecule has 0 aliphatic heterocycles. The number of hydrogen-bond donors (Lipinski definition) is 3. The highest BCUT2D eigenvalue weighted by Crippen LogP contribution is 2.08. The number of aryl methyl sites for hydroxylation is 1. The average Bonchev–Trinajstić information content (AvgIpc) is 2.77. The first-order chi connectivity index (χ1) is 8.03. The predicted molar refractivity (Wildman–Crippen MR) is 66.0 cm³/mol. The lowest BCUT2D eigenvalue weighted by Crippen LogP contribution is -2.36. The Morgan fingerprint density at radius 2 is 2.24 bits per heavy atom. The van der Waals surface area contributed by atoms with Gasteiger partial charge < -0.3 is 10.7 Å². The zero-order valence-corrected chi connectivity index (χ0v) is 11.0. The summed E-state index contributed by atoms with van der Waals surface area (Å²) >= 11 is 0. The smallest absolute Gasteiger partial charge is 0.257 e. The highest BCUT2D eigenvalue weighted by atomic mass is 32.2. The average molecular weight is 260 g/mol. The minimum atomic E-state index is -3.51. The molecule has 1 atom stereocenters. The molecule has 98 valence electrons. The molecule has 0 aromatic carbocycles. The third-order valence-corrected chi connectivity index (χ3v) is 3.99. The second kappa shape index (κ2) is 6.13. The summed E-state index contributed by atoms with van der Waals surface area (Å²) in [5.41, 5.74) is 5.43. The highest BCUT2D eigenvalue weighted by molar-refractivity contribution is 7.89. The highest BCUT2D eigenvalue weighted by Gasteiger charge is 2.20. The molecule has 0 saturated heterocycles. The number of H-pyrrole nitrogens is 1. The molecule has 4 N–H and O–H groups in total. The maximum Gasteiger partial charge on any atom is 0.257 e. The third kappa shape index (κ3) is 3.79. The van der Waals surface area contributed by atoms with Crippen LogP contribution in [-0.2, 0) is 16.4 Å². The van der Waals surface area contributed by atoms with Crippen molar-refractivity contribution in [2.75, 3.05) is 6.54 Å². The van der Waals surface area contributed by atoms with Crippen molar-refractivity contribution in [2.45, 2.75) is 44.2 Å². The van der Waals surface area contributed by atoms with Crippen LogP contribution in [0.4, 0.5) is 0 Å². The Kier molecular flexibility index (Phi) is 5.10. The molecule has 0 fully saturated rings. The van der Waals surface area contributed by atoms with Crippen molar-refractivity contribution in [3.05, 3.63) is 12.0 Å². The summed E-state index contributed by atoms with van der Waals surface area (Å²) in [7, 11) is -3.51. The van der Waals surface area contributed by atoms with Gasteiger partial charge in [0, 0.05) is 12.5 Å². The molecule has 0 bridgehead atoms. The molecule has 1 unspecified atom stereocenters. The van der Waals surface area contributed by atoms with Crippen molar-refractivity contribution in [3.8, 4) is 0 Å². The van der Waals surface area contributed by atoms with E-state index in [2.05, 4.69) is 14.7 Å². The van der Waals surface area contributed by atoms with Crippen molar-refractivity contribution in [3.63, 3.8) is 0 Å². The summed E-state index contributed by atoms with van der Waals surface area (Å²) in [6, 6.07) is -0.127. The number of rotatable bonds is 7. The molecular formula is C10H20N4O2S. The fraction of sp³-hybridized carbons (Fsp3) is 0.700. The van der Waals surface area contributed by atoms with Gasteiger partial charge in [-0.05, 0) is 19.4 Å². The van der Waals surface area contributed by atoms with Gasteiger partial charge in [-0.2, -0.15) is 0 Å². The Hall–Kier alpha value is -0.920. The number of hydrogen-bond acceptors (Lipinski definition) is 4. The van der Waals surface area contributed by atoms with Crippen LogP contribution in [0.2, 0.25) is 0 Å². The molecule has 0 amide bonds. The van der Waals surface area contributed by atoms with Crippen LogP contribution in [0.15, 0.2) is 11.2 Å². The van der Waals surface area contributed by atoms with Gasteiger partial charge in [-0.15, -0.1) is 0 Å². The maximum atomic E-state index is 12.0. The minimum Gasteiger partial charge on any atom is -0.332 e. The molecule has 1 heterocycles. The second-order valence-electron chi connectivity index (χ2n) is 3.85. The van der Waals surface area contributed by atoms with Gasteiger partial charge >= 0.3 is 0 Å². The Morgan fingerprint density at radius 1 is 1.53 bits per heavy atom. The fourth-order valence-corrected chi connectivity index (χ4v) is 2.78. The molecule has 7 heteroatoms. The molecule has 0 aliphatic rings. The summed E-state index contributed by atoms with van der Waals surface area (Å²) in [5, 5.41) is 0.116. The molecular weight excluding hydrogens is 240 g/mol. The van der Waals surface area contributed by atoms with Gasteiger partial charge in [-0.25, -0.2) is 18.1 Å². The molecule has 1 rings (SSSR count). The van der Waals surface area contributed by atoms with Crippen LogP contribution in [0.3, 0.4) is 0 Å². The van der Waals surface area contributed by atoms with Crippen molar-refractivity contribution < 1.29 is 8.42 Å². The summed E-state index contributed by atoms with van der Waals surface area (Å²) < 4.78 is 26.6. The maximum absolute atomic E-state index is 12.0. The van der Waals surface area contributed by atoms with Gasteiger partial charge in [0.25, 0.3) is 10.0 Å².